The zero-order chi connectivity index (χ0) is 11.4. The first-order chi connectivity index (χ1) is 7.04. The fourth-order valence-electron chi connectivity index (χ4n) is 1.35. The van der Waals surface area contributed by atoms with Crippen molar-refractivity contribution < 1.29 is 9.32 Å². The summed E-state index contributed by atoms with van der Waals surface area (Å²) < 4.78 is 5.74. The maximum Gasteiger partial charge on any atom is 0.159 e. The Morgan fingerprint density at radius 1 is 1.40 bits per heavy atom. The Kier molecular flexibility index (Phi) is 4.28. The second-order valence-electron chi connectivity index (χ2n) is 3.64. The van der Waals surface area contributed by atoms with Crippen molar-refractivity contribution in [3.8, 4) is 5.75 Å². The lowest BCUT2D eigenvalue weighted by Gasteiger charge is -2.13. The fourth-order valence-corrected chi connectivity index (χ4v) is 1.91. The minimum absolute atomic E-state index is 0.0824. The van der Waals surface area contributed by atoms with Crippen molar-refractivity contribution in [3.05, 3.63) is 29.3 Å². The molecule has 0 fully saturated rings. The highest BCUT2D eigenvalue weighted by atomic mass is 31.1. The topological polar surface area (TPSA) is 26.3 Å². The SMILES string of the molecule is CCc1ccc(C(C)=O)cc1OP(C)C. The van der Waals surface area contributed by atoms with E-state index in [0.717, 1.165) is 23.3 Å². The average Bonchev–Trinajstić information content (AvgIpc) is 2.16. The number of Topliss-reactive ketones (excluding diaryl/α,β-unsaturated/α-hetero) is 1. The third-order valence-electron chi connectivity index (χ3n) is 2.14. The maximum absolute atomic E-state index is 11.2. The lowest BCUT2D eigenvalue weighted by molar-refractivity contribution is 0.101. The average molecular weight is 224 g/mol. The molecule has 2 nitrogen and oxygen atoms in total. The van der Waals surface area contributed by atoms with Gasteiger partial charge in [-0.05, 0) is 38.3 Å². The van der Waals surface area contributed by atoms with Crippen molar-refractivity contribution in [2.75, 3.05) is 13.3 Å². The predicted octanol–water partition coefficient (Wildman–Crippen LogP) is 3.49. The van der Waals surface area contributed by atoms with Crippen molar-refractivity contribution in [1.29, 1.82) is 0 Å². The van der Waals surface area contributed by atoms with Gasteiger partial charge in [-0.15, -0.1) is 0 Å². The third-order valence-corrected chi connectivity index (χ3v) is 2.70. The Morgan fingerprint density at radius 3 is 2.53 bits per heavy atom. The van der Waals surface area contributed by atoms with E-state index in [-0.39, 0.29) is 5.78 Å². The van der Waals surface area contributed by atoms with Gasteiger partial charge in [0, 0.05) is 5.56 Å². The number of ketones is 1. The van der Waals surface area contributed by atoms with Crippen LogP contribution in [0.15, 0.2) is 18.2 Å². The van der Waals surface area contributed by atoms with Crippen molar-refractivity contribution >= 4 is 13.9 Å². The van der Waals surface area contributed by atoms with E-state index in [9.17, 15) is 4.79 Å². The van der Waals surface area contributed by atoms with Gasteiger partial charge in [0.2, 0.25) is 0 Å². The Bertz CT molecular complexity index is 359. The molecule has 0 aromatic heterocycles. The molecule has 1 rings (SSSR count). The minimum Gasteiger partial charge on any atom is -0.474 e. The summed E-state index contributed by atoms with van der Waals surface area (Å²) >= 11 is 0. The van der Waals surface area contributed by atoms with Crippen LogP contribution in [0.3, 0.4) is 0 Å². The van der Waals surface area contributed by atoms with Gasteiger partial charge in [-0.3, -0.25) is 4.79 Å². The second kappa shape index (κ2) is 5.27. The molecule has 0 N–H and O–H groups in total. The molecule has 0 spiro atoms. The molecule has 15 heavy (non-hydrogen) atoms. The van der Waals surface area contributed by atoms with Gasteiger partial charge in [0.15, 0.2) is 5.78 Å². The molecule has 0 aliphatic rings. The lowest BCUT2D eigenvalue weighted by atomic mass is 10.1. The molecule has 1 aromatic rings. The number of hydrogen-bond acceptors (Lipinski definition) is 2. The summed E-state index contributed by atoms with van der Waals surface area (Å²) in [5.41, 5.74) is 1.88. The Balaban J connectivity index is 3.07. The Hall–Kier alpha value is -0.880. The van der Waals surface area contributed by atoms with Crippen LogP contribution in [0.5, 0.6) is 5.75 Å². The fraction of sp³-hybridized carbons (Fsp3) is 0.417. The molecule has 0 unspecified atom stereocenters. The normalized spacial score (nSPS) is 10.5. The quantitative estimate of drug-likeness (QED) is 0.578. The number of hydrogen-bond donors (Lipinski definition) is 0. The molecule has 0 aliphatic carbocycles. The molecule has 0 aliphatic heterocycles. The van der Waals surface area contributed by atoms with Crippen LogP contribution in [-0.4, -0.2) is 19.1 Å². The van der Waals surface area contributed by atoms with E-state index in [1.165, 1.54) is 0 Å². The first-order valence-corrected chi connectivity index (χ1v) is 7.19. The summed E-state index contributed by atoms with van der Waals surface area (Å²) in [7, 11) is -0.442. The van der Waals surface area contributed by atoms with Crippen LogP contribution in [0.2, 0.25) is 0 Å². The number of carbonyl (C=O) groups is 1. The molecule has 0 bridgehead atoms. The molecule has 0 radical (unpaired) electrons. The van der Waals surface area contributed by atoms with Crippen LogP contribution in [-0.2, 0) is 6.42 Å². The molecule has 0 heterocycles. The molecule has 0 amide bonds. The van der Waals surface area contributed by atoms with Crippen molar-refractivity contribution in [3.63, 3.8) is 0 Å². The monoisotopic (exact) mass is 224 g/mol. The third kappa shape index (κ3) is 3.32. The molecular weight excluding hydrogens is 207 g/mol. The number of rotatable bonds is 4. The number of benzene rings is 1. The minimum atomic E-state index is -0.442. The first kappa shape index (κ1) is 12.2. The van der Waals surface area contributed by atoms with Crippen molar-refractivity contribution in [2.45, 2.75) is 20.3 Å². The van der Waals surface area contributed by atoms with Gasteiger partial charge in [-0.2, -0.15) is 0 Å². The Labute approximate surface area is 92.5 Å². The van der Waals surface area contributed by atoms with Gasteiger partial charge in [-0.1, -0.05) is 19.1 Å². The van der Waals surface area contributed by atoms with E-state index in [4.69, 9.17) is 4.52 Å². The van der Waals surface area contributed by atoms with Crippen LogP contribution in [0.1, 0.15) is 29.8 Å². The summed E-state index contributed by atoms with van der Waals surface area (Å²) in [5, 5.41) is 0. The van der Waals surface area contributed by atoms with Gasteiger partial charge in [-0.25, -0.2) is 0 Å². The molecule has 0 atom stereocenters. The molecule has 3 heteroatoms. The van der Waals surface area contributed by atoms with E-state index in [1.807, 2.05) is 18.2 Å². The highest BCUT2D eigenvalue weighted by molar-refractivity contribution is 7.51. The van der Waals surface area contributed by atoms with Gasteiger partial charge in [0.05, 0.1) is 8.15 Å². The van der Waals surface area contributed by atoms with E-state index in [1.54, 1.807) is 6.92 Å². The molecule has 0 saturated heterocycles. The zero-order valence-electron chi connectivity index (χ0n) is 9.70. The van der Waals surface area contributed by atoms with Gasteiger partial charge < -0.3 is 4.52 Å². The first-order valence-electron chi connectivity index (χ1n) is 5.03. The highest BCUT2D eigenvalue weighted by Gasteiger charge is 2.07. The van der Waals surface area contributed by atoms with Crippen molar-refractivity contribution in [2.24, 2.45) is 0 Å². The van der Waals surface area contributed by atoms with Crippen LogP contribution in [0, 0.1) is 0 Å². The maximum atomic E-state index is 11.2. The molecular formula is C12H17O2P. The summed E-state index contributed by atoms with van der Waals surface area (Å²) in [4.78, 5) is 11.2. The van der Waals surface area contributed by atoms with Crippen molar-refractivity contribution in [1.82, 2.24) is 0 Å². The standard InChI is InChI=1S/C12H17O2P/c1-5-10-6-7-11(9(2)13)8-12(10)14-15(3)4/h6-8H,5H2,1-4H3. The van der Waals surface area contributed by atoms with E-state index < -0.39 is 8.15 Å². The summed E-state index contributed by atoms with van der Waals surface area (Å²) in [5.74, 6) is 0.945. The molecule has 0 saturated carbocycles. The summed E-state index contributed by atoms with van der Waals surface area (Å²) in [6.07, 6.45) is 0.927. The largest absolute Gasteiger partial charge is 0.474 e. The van der Waals surface area contributed by atoms with Crippen LogP contribution in [0.25, 0.3) is 0 Å². The predicted molar refractivity (Wildman–Crippen MR) is 65.2 cm³/mol. The Morgan fingerprint density at radius 2 is 2.07 bits per heavy atom. The summed E-state index contributed by atoms with van der Waals surface area (Å²) in [6.45, 7) is 7.76. The lowest BCUT2D eigenvalue weighted by Crippen LogP contribution is -1.96. The van der Waals surface area contributed by atoms with E-state index >= 15 is 0 Å². The molecule has 1 aromatic carbocycles. The van der Waals surface area contributed by atoms with Crippen LogP contribution >= 0.6 is 8.15 Å². The number of carbonyl (C=O) groups excluding carboxylic acids is 1. The second-order valence-corrected chi connectivity index (χ2v) is 5.44. The van der Waals surface area contributed by atoms with Gasteiger partial charge >= 0.3 is 0 Å². The van der Waals surface area contributed by atoms with Crippen LogP contribution < -0.4 is 4.52 Å². The van der Waals surface area contributed by atoms with Crippen LogP contribution in [0.4, 0.5) is 0 Å². The van der Waals surface area contributed by atoms with E-state index in [2.05, 4.69) is 20.3 Å². The smallest absolute Gasteiger partial charge is 0.159 e. The van der Waals surface area contributed by atoms with Gasteiger partial charge in [0.25, 0.3) is 0 Å². The molecule has 82 valence electrons. The van der Waals surface area contributed by atoms with Gasteiger partial charge in [0.1, 0.15) is 5.75 Å². The number of aryl methyl sites for hydroxylation is 1. The highest BCUT2D eigenvalue weighted by Crippen LogP contribution is 2.33. The van der Waals surface area contributed by atoms with E-state index in [0.29, 0.717) is 0 Å². The zero-order valence-corrected chi connectivity index (χ0v) is 10.6. The summed E-state index contributed by atoms with van der Waals surface area (Å²) in [6, 6.07) is 5.69.